The summed E-state index contributed by atoms with van der Waals surface area (Å²) in [6, 6.07) is 7.40. The zero-order chi connectivity index (χ0) is 49.6. The van der Waals surface area contributed by atoms with Gasteiger partial charge in [-0.1, -0.05) is 18.8 Å². The van der Waals surface area contributed by atoms with E-state index in [9.17, 15) is 19.2 Å². The first-order chi connectivity index (χ1) is 32.1. The van der Waals surface area contributed by atoms with Crippen LogP contribution in [0.15, 0.2) is 29.5 Å². The number of likely N-dealkylation sites (tertiary alicyclic amines) is 4. The molecule has 7 rings (SSSR count). The maximum Gasteiger partial charge on any atom is 1.00 e. The zero-order valence-electron chi connectivity index (χ0n) is 42.5. The summed E-state index contributed by atoms with van der Waals surface area (Å²) < 4.78 is 0. The maximum absolute atomic E-state index is 11.4. The second-order valence-corrected chi connectivity index (χ2v) is 17.7. The summed E-state index contributed by atoms with van der Waals surface area (Å²) in [7, 11) is 12.5. The van der Waals surface area contributed by atoms with Crippen LogP contribution in [0.5, 0.6) is 0 Å². The Morgan fingerprint density at radius 2 is 1.32 bits per heavy atom. The van der Waals surface area contributed by atoms with Gasteiger partial charge in [0, 0.05) is 117 Å². The molecule has 5 saturated heterocycles. The molecule has 5 aliphatic heterocycles. The average molecular weight is 1030 g/mol. The number of aromatic nitrogens is 2. The van der Waals surface area contributed by atoms with Crippen molar-refractivity contribution in [3.63, 3.8) is 0 Å². The molecule has 0 bridgehead atoms. The molecule has 2 aromatic heterocycles. The number of nitrogens with zero attached hydrogens (tertiary/aromatic N) is 8. The van der Waals surface area contributed by atoms with Gasteiger partial charge in [-0.2, -0.15) is 5.26 Å². The molecular weight excluding hydrogens is 951 g/mol. The van der Waals surface area contributed by atoms with E-state index in [0.717, 1.165) is 96.7 Å². The van der Waals surface area contributed by atoms with Crippen LogP contribution < -0.4 is 72.4 Å². The third-order valence-corrected chi connectivity index (χ3v) is 11.6. The molecule has 0 aromatic carbocycles. The largest absolute Gasteiger partial charge is 1.00 e. The molecule has 0 spiro atoms. The number of halogens is 1. The Morgan fingerprint density at radius 1 is 0.817 bits per heavy atom. The minimum absolute atomic E-state index is 0. The van der Waals surface area contributed by atoms with Crippen molar-refractivity contribution in [1.29, 1.82) is 5.26 Å². The van der Waals surface area contributed by atoms with E-state index in [4.69, 9.17) is 15.8 Å². The van der Waals surface area contributed by atoms with Crippen molar-refractivity contribution in [3.05, 3.63) is 35.0 Å². The predicted molar refractivity (Wildman–Crippen MR) is 278 cm³/mol. The first kappa shape index (κ1) is 70.6. The topological polar surface area (TPSA) is 325 Å². The molecule has 398 valence electrons. The Bertz CT molecular complexity index is 1870. The number of likely N-dealkylation sites (N-methyl/N-ethyl adjacent to an activating group) is 3. The molecule has 2 aromatic rings. The van der Waals surface area contributed by atoms with Crippen molar-refractivity contribution in [3.8, 4) is 6.07 Å². The number of nitrogens with two attached hydrogens (primary N) is 1. The Balaban J connectivity index is -0.000000852. The number of rotatable bonds is 8. The number of thiazole rings is 1. The Morgan fingerprint density at radius 3 is 1.73 bits per heavy atom. The van der Waals surface area contributed by atoms with E-state index in [1.54, 1.807) is 40.5 Å². The fraction of sp³-hybridized carbons (Fsp3) is 0.682. The van der Waals surface area contributed by atoms with Crippen molar-refractivity contribution in [2.75, 3.05) is 120 Å². The third kappa shape index (κ3) is 32.1. The van der Waals surface area contributed by atoms with E-state index < -0.39 is 0 Å². The van der Waals surface area contributed by atoms with E-state index in [1.807, 2.05) is 12.1 Å². The van der Waals surface area contributed by atoms with E-state index in [1.165, 1.54) is 37.4 Å². The quantitative estimate of drug-likeness (QED) is 0.0767. The maximum atomic E-state index is 11.4. The minimum Gasteiger partial charge on any atom is -0.870 e. The molecule has 0 radical (unpaired) electrons. The molecule has 0 unspecified atom stereocenters. The fourth-order valence-corrected chi connectivity index (χ4v) is 8.02. The number of amides is 7. The Labute approximate surface area is 443 Å². The molecule has 5 aliphatic rings. The first-order valence-corrected chi connectivity index (χ1v) is 23.4. The van der Waals surface area contributed by atoms with Gasteiger partial charge in [-0.3, -0.25) is 9.69 Å². The van der Waals surface area contributed by atoms with Gasteiger partial charge >= 0.3 is 37.0 Å². The van der Waals surface area contributed by atoms with Crippen molar-refractivity contribution in [2.24, 2.45) is 10.7 Å². The molecule has 27 heteroatoms. The van der Waals surface area contributed by atoms with Crippen LogP contribution >= 0.6 is 23.7 Å². The van der Waals surface area contributed by atoms with Crippen molar-refractivity contribution < 1.29 is 48.3 Å². The molecule has 12 N–H and O–H groups in total. The van der Waals surface area contributed by atoms with Gasteiger partial charge in [0.25, 0.3) is 0 Å². The number of nitrogens with one attached hydrogen (secondary N) is 9. The fourth-order valence-electron chi connectivity index (χ4n) is 7.40. The summed E-state index contributed by atoms with van der Waals surface area (Å²) in [6.07, 6.45) is 9.91. The van der Waals surface area contributed by atoms with Gasteiger partial charge in [0.1, 0.15) is 16.8 Å². The van der Waals surface area contributed by atoms with Crippen LogP contribution in [0.4, 0.5) is 25.3 Å². The van der Waals surface area contributed by atoms with Crippen LogP contribution in [-0.2, 0) is 16.1 Å². The normalized spacial score (nSPS) is 20.7. The summed E-state index contributed by atoms with van der Waals surface area (Å²) in [5, 5.41) is 34.9. The second kappa shape index (κ2) is 40.9. The molecule has 7 amide bonds. The van der Waals surface area contributed by atoms with E-state index in [-0.39, 0.29) is 74.2 Å². The second-order valence-electron chi connectivity index (χ2n) is 16.7. The molecule has 24 nitrogen and oxygen atoms in total. The molecule has 0 aliphatic carbocycles. The molecule has 71 heavy (non-hydrogen) atoms. The van der Waals surface area contributed by atoms with Crippen LogP contribution in [-0.4, -0.2) is 210 Å². The molecule has 5 fully saturated rings. The summed E-state index contributed by atoms with van der Waals surface area (Å²) in [6.45, 7) is 12.5. The first-order valence-electron chi connectivity index (χ1n) is 22.6. The average Bonchev–Trinajstić information content (AvgIpc) is 4.20. The van der Waals surface area contributed by atoms with Crippen LogP contribution in [0.3, 0.4) is 0 Å². The monoisotopic (exact) mass is 1030 g/mol. The summed E-state index contributed by atoms with van der Waals surface area (Å²) in [4.78, 5) is 73.3. The summed E-state index contributed by atoms with van der Waals surface area (Å²) in [5.74, 6) is 0.788. The number of hydrogen-bond donors (Lipinski definition) is 10. The predicted octanol–water partition coefficient (Wildman–Crippen LogP) is -2.13. The number of anilines is 2. The SMILES string of the molecule is C.CC(=O)N[C@@H]1CCN(C)C1.CN1CC[C@@H](N)C1.CN=C=O.CNC(=O)N[C@@H]1CCN(C)C1.CNC(=O)N[C@@H]1CCN(Cc2ccnc(Nc3ncc(C#N)s3)c2)C1.CNC(=O)N[C@@H]1CCNC1.Cl.[Li+].[OH-]. The van der Waals surface area contributed by atoms with E-state index >= 15 is 0 Å². The van der Waals surface area contributed by atoms with Gasteiger partial charge in [-0.15, -0.1) is 12.4 Å². The Hall–Kier alpha value is -4.66. The van der Waals surface area contributed by atoms with Crippen LogP contribution in [0.2, 0.25) is 0 Å². The number of carbonyl (C=O) groups excluding carboxylic acids is 5. The number of aliphatic imine (C=N–C) groups is 1. The molecular formula is C44H82ClLiN18O6S. The standard InChI is InChI=1S/C16H19N7OS.C7H15N3O.C7H14N2O.C6H13N3O.C5H12N2.C2H3NO.CH4.ClH.Li.H2O/c1-18-15(24)21-12-3-5-23(10-12)9-11-2-4-19-14(6-11)22-16-20-8-13(7-17)25-16;1-8-7(11)9-6-3-4-10(2)5-6;1-6(10)8-7-3-4-9(2)5-7;1-7-6(10)9-5-2-3-8-4-5;1-7-3-2-5(6)4-7;1-3-2-4;;;;/h2,4,6,8,12H,3,5,9-10H2,1H3,(H2,18,21,24)(H,19,20,22);6H,3-5H2,1-2H3,(H2,8,9,11);7H,3-5H2,1-2H3,(H,8,10);5,8H,2-4H2,1H3,(H2,7,9,10);5H,2-4,6H2,1H3;1H3;1H4;1H;;1H2/q;;;;;;;;+1;/p-1/t12-;6-;7-;2*5-;;;;;/m11111...../s1. The van der Waals surface area contributed by atoms with E-state index in [0.29, 0.717) is 40.0 Å². The number of isocyanates is 1. The number of pyridine rings is 1. The van der Waals surface area contributed by atoms with E-state index in [2.05, 4.69) is 110 Å². The van der Waals surface area contributed by atoms with Gasteiger partial charge in [0.15, 0.2) is 5.13 Å². The summed E-state index contributed by atoms with van der Waals surface area (Å²) >= 11 is 1.29. The van der Waals surface area contributed by atoms with Gasteiger partial charge < -0.3 is 73.8 Å². The molecule has 5 atom stereocenters. The molecule has 0 saturated carbocycles. The Kier molecular flexibility index (Phi) is 40.6. The van der Waals surface area contributed by atoms with Gasteiger partial charge in [-0.25, -0.2) is 34.1 Å². The van der Waals surface area contributed by atoms with Gasteiger partial charge in [-0.05, 0) is 97.1 Å². The van der Waals surface area contributed by atoms with Crippen LogP contribution in [0, 0.1) is 11.3 Å². The van der Waals surface area contributed by atoms with Crippen LogP contribution in [0.1, 0.15) is 56.9 Å². The zero-order valence-corrected chi connectivity index (χ0v) is 44.1. The third-order valence-electron chi connectivity index (χ3n) is 10.8. The smallest absolute Gasteiger partial charge is 0.870 e. The number of carbonyl (C=O) groups is 4. The number of nitriles is 1. The minimum atomic E-state index is -0.137. The number of hydrogen-bond acceptors (Lipinski definition) is 18. The van der Waals surface area contributed by atoms with Crippen molar-refractivity contribution in [2.45, 2.75) is 83.2 Å². The van der Waals surface area contributed by atoms with Gasteiger partial charge in [0.05, 0.1) is 6.20 Å². The number of urea groups is 3. The summed E-state index contributed by atoms with van der Waals surface area (Å²) in [5.41, 5.74) is 6.72. The van der Waals surface area contributed by atoms with Crippen molar-refractivity contribution in [1.82, 2.24) is 72.1 Å². The molecule has 7 heterocycles. The van der Waals surface area contributed by atoms with Crippen molar-refractivity contribution >= 4 is 64.8 Å². The van der Waals surface area contributed by atoms with Crippen LogP contribution in [0.25, 0.3) is 0 Å². The van der Waals surface area contributed by atoms with Gasteiger partial charge in [0.2, 0.25) is 12.0 Å².